The van der Waals surface area contributed by atoms with Crippen molar-refractivity contribution in [2.24, 2.45) is 0 Å². The molecule has 1 aromatic heterocycles. The lowest BCUT2D eigenvalue weighted by atomic mass is 10.2. The Bertz CT molecular complexity index is 721. The van der Waals surface area contributed by atoms with Crippen molar-refractivity contribution < 1.29 is 18.7 Å². The Balaban J connectivity index is 1.92. The van der Waals surface area contributed by atoms with Gasteiger partial charge in [0.2, 0.25) is 0 Å². The van der Waals surface area contributed by atoms with Crippen LogP contribution in [0.5, 0.6) is 0 Å². The molecular weight excluding hydrogens is 350 g/mol. The molecule has 2 rings (SSSR count). The third-order valence-corrected chi connectivity index (χ3v) is 3.55. The molecule has 0 fully saturated rings. The molecule has 0 aliphatic heterocycles. The minimum atomic E-state index is -0.572. The fourth-order valence-electron chi connectivity index (χ4n) is 2.00. The van der Waals surface area contributed by atoms with Gasteiger partial charge in [-0.2, -0.15) is 0 Å². The summed E-state index contributed by atoms with van der Waals surface area (Å²) in [4.78, 5) is 23.7. The number of furan rings is 1. The molecule has 1 aromatic carbocycles. The van der Waals surface area contributed by atoms with Crippen LogP contribution in [0.1, 0.15) is 27.4 Å². The zero-order valence-electron chi connectivity index (χ0n) is 12.5. The monoisotopic (exact) mass is 365 g/mol. The van der Waals surface area contributed by atoms with Crippen molar-refractivity contribution in [3.63, 3.8) is 0 Å². The molecule has 116 valence electrons. The van der Waals surface area contributed by atoms with E-state index in [0.717, 1.165) is 10.0 Å². The summed E-state index contributed by atoms with van der Waals surface area (Å²) in [6.07, 6.45) is 0. The maximum Gasteiger partial charge on any atom is 0.342 e. The van der Waals surface area contributed by atoms with E-state index in [4.69, 9.17) is 9.15 Å². The fourth-order valence-corrected chi connectivity index (χ4v) is 2.47. The summed E-state index contributed by atoms with van der Waals surface area (Å²) >= 11 is 3.36. The first-order chi connectivity index (χ1) is 10.4. The van der Waals surface area contributed by atoms with Crippen molar-refractivity contribution in [2.75, 3.05) is 11.9 Å². The zero-order valence-corrected chi connectivity index (χ0v) is 14.1. The molecule has 22 heavy (non-hydrogen) atoms. The smallest absolute Gasteiger partial charge is 0.342 e. The van der Waals surface area contributed by atoms with Crippen LogP contribution in [0.3, 0.4) is 0 Å². The Morgan fingerprint density at radius 3 is 2.55 bits per heavy atom. The molecule has 0 radical (unpaired) electrons. The van der Waals surface area contributed by atoms with E-state index in [1.807, 2.05) is 19.1 Å². The second kappa shape index (κ2) is 6.79. The third kappa shape index (κ3) is 3.98. The first-order valence-corrected chi connectivity index (χ1v) is 7.46. The van der Waals surface area contributed by atoms with Gasteiger partial charge in [-0.05, 0) is 50.6 Å². The van der Waals surface area contributed by atoms with Crippen molar-refractivity contribution in [3.05, 3.63) is 51.4 Å². The number of aryl methyl sites for hydroxylation is 3. The molecule has 0 aliphatic rings. The lowest BCUT2D eigenvalue weighted by Crippen LogP contribution is -2.21. The molecule has 0 atom stereocenters. The summed E-state index contributed by atoms with van der Waals surface area (Å²) < 4.78 is 11.2. The number of carbonyl (C=O) groups is 2. The van der Waals surface area contributed by atoms with Crippen LogP contribution in [0.4, 0.5) is 5.69 Å². The number of halogens is 1. The van der Waals surface area contributed by atoms with Gasteiger partial charge in [0, 0.05) is 10.2 Å². The van der Waals surface area contributed by atoms with E-state index in [9.17, 15) is 9.59 Å². The highest BCUT2D eigenvalue weighted by Crippen LogP contribution is 2.20. The molecule has 0 unspecified atom stereocenters. The highest BCUT2D eigenvalue weighted by Gasteiger charge is 2.16. The van der Waals surface area contributed by atoms with Crippen molar-refractivity contribution in [1.29, 1.82) is 0 Å². The Morgan fingerprint density at radius 1 is 1.23 bits per heavy atom. The number of esters is 1. The number of hydrogen-bond acceptors (Lipinski definition) is 4. The maximum absolute atomic E-state index is 11.9. The van der Waals surface area contributed by atoms with Gasteiger partial charge in [-0.1, -0.05) is 15.9 Å². The summed E-state index contributed by atoms with van der Waals surface area (Å²) in [5.74, 6) is 0.139. The molecule has 1 amide bonds. The number of anilines is 1. The van der Waals surface area contributed by atoms with Crippen LogP contribution >= 0.6 is 15.9 Å². The SMILES string of the molecule is Cc1cc(C(=O)OCC(=O)Nc2ccc(Br)cc2C)c(C)o1. The maximum atomic E-state index is 11.9. The summed E-state index contributed by atoms with van der Waals surface area (Å²) in [6.45, 7) is 4.95. The Hall–Kier alpha value is -2.08. The Morgan fingerprint density at radius 2 is 1.95 bits per heavy atom. The molecule has 1 N–H and O–H groups in total. The lowest BCUT2D eigenvalue weighted by Gasteiger charge is -2.09. The van der Waals surface area contributed by atoms with E-state index < -0.39 is 11.9 Å². The average Bonchev–Trinajstić information content (AvgIpc) is 2.78. The van der Waals surface area contributed by atoms with E-state index in [1.54, 1.807) is 26.0 Å². The Labute approximate surface area is 136 Å². The standard InChI is InChI=1S/C16H16BrNO4/c1-9-6-12(17)4-5-14(9)18-15(19)8-21-16(20)13-7-10(2)22-11(13)3/h4-7H,8H2,1-3H3,(H,18,19). The number of amides is 1. The molecule has 0 saturated heterocycles. The third-order valence-electron chi connectivity index (χ3n) is 3.06. The summed E-state index contributed by atoms with van der Waals surface area (Å²) in [7, 11) is 0. The van der Waals surface area contributed by atoms with Crippen LogP contribution in [0.25, 0.3) is 0 Å². The van der Waals surface area contributed by atoms with Crippen LogP contribution in [0.2, 0.25) is 0 Å². The van der Waals surface area contributed by atoms with Gasteiger partial charge in [-0.15, -0.1) is 0 Å². The molecule has 1 heterocycles. The largest absolute Gasteiger partial charge is 0.466 e. The van der Waals surface area contributed by atoms with Gasteiger partial charge in [-0.3, -0.25) is 4.79 Å². The predicted molar refractivity (Wildman–Crippen MR) is 86.0 cm³/mol. The Kier molecular flexibility index (Phi) is 5.03. The quantitative estimate of drug-likeness (QED) is 0.837. The highest BCUT2D eigenvalue weighted by molar-refractivity contribution is 9.10. The number of nitrogens with one attached hydrogen (secondary N) is 1. The van der Waals surface area contributed by atoms with Crippen LogP contribution in [0.15, 0.2) is 33.2 Å². The van der Waals surface area contributed by atoms with Gasteiger partial charge >= 0.3 is 5.97 Å². The first-order valence-electron chi connectivity index (χ1n) is 6.67. The average molecular weight is 366 g/mol. The van der Waals surface area contributed by atoms with Crippen LogP contribution < -0.4 is 5.32 Å². The summed E-state index contributed by atoms with van der Waals surface area (Å²) in [5, 5.41) is 2.70. The van der Waals surface area contributed by atoms with E-state index in [1.165, 1.54) is 0 Å². The van der Waals surface area contributed by atoms with Gasteiger partial charge in [0.1, 0.15) is 17.1 Å². The second-order valence-corrected chi connectivity index (χ2v) is 5.83. The van der Waals surface area contributed by atoms with E-state index in [0.29, 0.717) is 22.8 Å². The molecule has 0 spiro atoms. The molecule has 0 bridgehead atoms. The number of ether oxygens (including phenoxy) is 1. The topological polar surface area (TPSA) is 68.5 Å². The highest BCUT2D eigenvalue weighted by atomic mass is 79.9. The zero-order chi connectivity index (χ0) is 16.3. The number of rotatable bonds is 4. The number of hydrogen-bond donors (Lipinski definition) is 1. The minimum Gasteiger partial charge on any atom is -0.466 e. The predicted octanol–water partition coefficient (Wildman–Crippen LogP) is 3.76. The summed E-state index contributed by atoms with van der Waals surface area (Å²) in [5.41, 5.74) is 1.93. The molecule has 2 aromatic rings. The lowest BCUT2D eigenvalue weighted by molar-refractivity contribution is -0.119. The van der Waals surface area contributed by atoms with Crippen molar-refractivity contribution in [1.82, 2.24) is 0 Å². The van der Waals surface area contributed by atoms with Gasteiger partial charge in [0.05, 0.1) is 0 Å². The van der Waals surface area contributed by atoms with Gasteiger partial charge in [0.25, 0.3) is 5.91 Å². The van der Waals surface area contributed by atoms with E-state index >= 15 is 0 Å². The molecule has 6 heteroatoms. The van der Waals surface area contributed by atoms with Crippen LogP contribution in [0, 0.1) is 20.8 Å². The minimum absolute atomic E-state index is 0.338. The first kappa shape index (κ1) is 16.3. The van der Waals surface area contributed by atoms with Crippen molar-refractivity contribution in [3.8, 4) is 0 Å². The fraction of sp³-hybridized carbons (Fsp3) is 0.250. The molecule has 0 saturated carbocycles. The van der Waals surface area contributed by atoms with E-state index in [2.05, 4.69) is 21.2 Å². The van der Waals surface area contributed by atoms with E-state index in [-0.39, 0.29) is 6.61 Å². The molecule has 0 aliphatic carbocycles. The van der Waals surface area contributed by atoms with Gasteiger partial charge in [-0.25, -0.2) is 4.79 Å². The van der Waals surface area contributed by atoms with Gasteiger partial charge < -0.3 is 14.5 Å². The van der Waals surface area contributed by atoms with Gasteiger partial charge in [0.15, 0.2) is 6.61 Å². The molecular formula is C16H16BrNO4. The van der Waals surface area contributed by atoms with Crippen LogP contribution in [-0.4, -0.2) is 18.5 Å². The van der Waals surface area contributed by atoms with Crippen molar-refractivity contribution >= 4 is 33.5 Å². The summed E-state index contributed by atoms with van der Waals surface area (Å²) in [6, 6.07) is 7.09. The normalized spacial score (nSPS) is 10.4. The van der Waals surface area contributed by atoms with Crippen molar-refractivity contribution in [2.45, 2.75) is 20.8 Å². The molecule has 5 nitrogen and oxygen atoms in total. The van der Waals surface area contributed by atoms with Crippen LogP contribution in [-0.2, 0) is 9.53 Å². The number of carbonyl (C=O) groups excluding carboxylic acids is 2. The second-order valence-electron chi connectivity index (χ2n) is 4.91. The number of benzene rings is 1.